The molecule has 0 aromatic heterocycles. The molecular weight excluding hydrogens is 393 g/mol. The number of carbonyl (C=O) groups excluding carboxylic acids is 1. The molecule has 0 bridgehead atoms. The van der Waals surface area contributed by atoms with E-state index in [0.717, 1.165) is 19.0 Å². The van der Waals surface area contributed by atoms with Crippen molar-refractivity contribution in [3.05, 3.63) is 71.5 Å². The first-order chi connectivity index (χ1) is 13.9. The van der Waals surface area contributed by atoms with Gasteiger partial charge in [-0.1, -0.05) is 36.4 Å². The first-order valence-electron chi connectivity index (χ1n) is 9.72. The summed E-state index contributed by atoms with van der Waals surface area (Å²) >= 11 is 0. The average Bonchev–Trinajstić information content (AvgIpc) is 2.73. The van der Waals surface area contributed by atoms with Gasteiger partial charge in [-0.05, 0) is 30.2 Å². The summed E-state index contributed by atoms with van der Waals surface area (Å²) in [5.74, 6) is -1.15. The second kappa shape index (κ2) is 9.96. The number of rotatable bonds is 8. The van der Waals surface area contributed by atoms with Crippen molar-refractivity contribution in [2.45, 2.75) is 6.42 Å². The third-order valence-corrected chi connectivity index (χ3v) is 6.89. The summed E-state index contributed by atoms with van der Waals surface area (Å²) < 4.78 is 39.7. The van der Waals surface area contributed by atoms with Gasteiger partial charge in [0.2, 0.25) is 10.0 Å². The third-order valence-electron chi connectivity index (χ3n) is 5.02. The van der Waals surface area contributed by atoms with Crippen molar-refractivity contribution in [1.82, 2.24) is 14.5 Å². The van der Waals surface area contributed by atoms with Gasteiger partial charge in [0.05, 0.1) is 5.75 Å². The lowest BCUT2D eigenvalue weighted by atomic mass is 10.1. The van der Waals surface area contributed by atoms with Crippen molar-refractivity contribution in [3.63, 3.8) is 0 Å². The van der Waals surface area contributed by atoms with Crippen LogP contribution in [0.3, 0.4) is 0 Å². The summed E-state index contributed by atoms with van der Waals surface area (Å²) in [7, 11) is -3.44. The molecule has 1 aliphatic heterocycles. The lowest BCUT2D eigenvalue weighted by Gasteiger charge is -2.34. The van der Waals surface area contributed by atoms with Crippen LogP contribution in [0.25, 0.3) is 0 Å². The average molecular weight is 420 g/mol. The summed E-state index contributed by atoms with van der Waals surface area (Å²) in [4.78, 5) is 14.3. The molecule has 0 aliphatic carbocycles. The van der Waals surface area contributed by atoms with Gasteiger partial charge in [-0.2, -0.15) is 4.31 Å². The van der Waals surface area contributed by atoms with Crippen LogP contribution in [0, 0.1) is 5.82 Å². The predicted molar refractivity (Wildman–Crippen MR) is 111 cm³/mol. The van der Waals surface area contributed by atoms with Gasteiger partial charge in [0.15, 0.2) is 0 Å². The molecule has 2 aromatic carbocycles. The van der Waals surface area contributed by atoms with Gasteiger partial charge in [-0.15, -0.1) is 0 Å². The first-order valence-corrected chi connectivity index (χ1v) is 11.3. The van der Waals surface area contributed by atoms with E-state index in [0.29, 0.717) is 26.2 Å². The number of halogens is 1. The van der Waals surface area contributed by atoms with E-state index in [9.17, 15) is 17.6 Å². The zero-order chi connectivity index (χ0) is 20.7. The van der Waals surface area contributed by atoms with Crippen LogP contribution in [0.1, 0.15) is 15.9 Å². The number of nitrogens with one attached hydrogen (secondary N) is 1. The number of nitrogens with zero attached hydrogens (tertiary/aromatic N) is 2. The molecule has 6 nitrogen and oxygen atoms in total. The summed E-state index contributed by atoms with van der Waals surface area (Å²) in [6, 6.07) is 15.5. The Balaban J connectivity index is 1.40. The largest absolute Gasteiger partial charge is 0.351 e. The van der Waals surface area contributed by atoms with Crippen molar-refractivity contribution in [2.75, 3.05) is 45.0 Å². The molecule has 1 saturated heterocycles. The van der Waals surface area contributed by atoms with E-state index < -0.39 is 21.7 Å². The summed E-state index contributed by atoms with van der Waals surface area (Å²) in [6.07, 6.45) is 0.944. The van der Waals surface area contributed by atoms with Crippen LogP contribution in [0.15, 0.2) is 54.6 Å². The Morgan fingerprint density at radius 1 is 1.00 bits per heavy atom. The molecular formula is C21H26FN3O3S. The van der Waals surface area contributed by atoms with Crippen LogP contribution in [0.5, 0.6) is 0 Å². The maximum Gasteiger partial charge on any atom is 0.251 e. The Morgan fingerprint density at radius 2 is 1.72 bits per heavy atom. The maximum absolute atomic E-state index is 13.2. The van der Waals surface area contributed by atoms with Crippen LogP contribution < -0.4 is 5.32 Å². The molecule has 1 heterocycles. The Bertz CT molecular complexity index is 914. The second-order valence-electron chi connectivity index (χ2n) is 7.06. The molecule has 0 saturated carbocycles. The highest BCUT2D eigenvalue weighted by Gasteiger charge is 2.26. The maximum atomic E-state index is 13.2. The van der Waals surface area contributed by atoms with Crippen LogP contribution in [-0.2, 0) is 16.4 Å². The molecule has 3 rings (SSSR count). The highest BCUT2D eigenvalue weighted by Crippen LogP contribution is 2.10. The number of hydrogen-bond donors (Lipinski definition) is 1. The number of sulfonamides is 1. The van der Waals surface area contributed by atoms with Gasteiger partial charge >= 0.3 is 0 Å². The number of amides is 1. The minimum Gasteiger partial charge on any atom is -0.351 e. The van der Waals surface area contributed by atoms with E-state index in [2.05, 4.69) is 22.3 Å². The lowest BCUT2D eigenvalue weighted by Crippen LogP contribution is -2.50. The summed E-state index contributed by atoms with van der Waals surface area (Å²) in [6.45, 7) is 3.20. The van der Waals surface area contributed by atoms with Gasteiger partial charge in [0.1, 0.15) is 5.82 Å². The van der Waals surface area contributed by atoms with E-state index in [1.807, 2.05) is 18.2 Å². The van der Waals surface area contributed by atoms with E-state index in [1.54, 1.807) is 0 Å². The molecule has 1 amide bonds. The van der Waals surface area contributed by atoms with Crippen molar-refractivity contribution in [3.8, 4) is 0 Å². The molecule has 0 unspecified atom stereocenters. The van der Waals surface area contributed by atoms with Crippen LogP contribution in [-0.4, -0.2) is 68.6 Å². The Labute approximate surface area is 171 Å². The summed E-state index contributed by atoms with van der Waals surface area (Å²) in [5, 5.41) is 2.55. The fourth-order valence-electron chi connectivity index (χ4n) is 3.32. The zero-order valence-corrected chi connectivity index (χ0v) is 17.1. The Morgan fingerprint density at radius 3 is 2.41 bits per heavy atom. The third kappa shape index (κ3) is 6.35. The van der Waals surface area contributed by atoms with Crippen LogP contribution >= 0.6 is 0 Å². The zero-order valence-electron chi connectivity index (χ0n) is 16.3. The Hall–Kier alpha value is -2.29. The smallest absolute Gasteiger partial charge is 0.251 e. The molecule has 2 aromatic rings. The van der Waals surface area contributed by atoms with Gasteiger partial charge in [-0.25, -0.2) is 12.8 Å². The van der Waals surface area contributed by atoms with Crippen molar-refractivity contribution >= 4 is 15.9 Å². The molecule has 0 atom stereocenters. The van der Waals surface area contributed by atoms with Crippen molar-refractivity contribution in [1.29, 1.82) is 0 Å². The minimum atomic E-state index is -3.44. The van der Waals surface area contributed by atoms with Gasteiger partial charge in [0.25, 0.3) is 5.91 Å². The highest BCUT2D eigenvalue weighted by molar-refractivity contribution is 7.89. The molecule has 1 aliphatic rings. The van der Waals surface area contributed by atoms with E-state index in [4.69, 9.17) is 0 Å². The lowest BCUT2D eigenvalue weighted by molar-refractivity contribution is 0.0955. The standard InChI is InChI=1S/C21H26FN3O3S/c22-20-8-4-7-19(17-20)21(26)23-10-16-29(27,28)25-14-12-24(13-15-25)11-9-18-5-2-1-3-6-18/h1-8,17H,9-16H2,(H,23,26). The first kappa shape index (κ1) is 21.4. The molecule has 0 spiro atoms. The van der Waals surface area contributed by atoms with Crippen LogP contribution in [0.4, 0.5) is 4.39 Å². The number of carbonyl (C=O) groups is 1. The molecule has 1 fully saturated rings. The van der Waals surface area contributed by atoms with Gasteiger partial charge < -0.3 is 10.2 Å². The van der Waals surface area contributed by atoms with Crippen LogP contribution in [0.2, 0.25) is 0 Å². The van der Waals surface area contributed by atoms with E-state index >= 15 is 0 Å². The normalized spacial score (nSPS) is 15.9. The second-order valence-corrected chi connectivity index (χ2v) is 9.15. The summed E-state index contributed by atoms with van der Waals surface area (Å²) in [5.41, 5.74) is 1.45. The van der Waals surface area contributed by atoms with E-state index in [1.165, 1.54) is 28.1 Å². The van der Waals surface area contributed by atoms with Crippen molar-refractivity contribution < 1.29 is 17.6 Å². The van der Waals surface area contributed by atoms with Gasteiger partial charge in [-0.3, -0.25) is 4.79 Å². The molecule has 0 radical (unpaired) electrons. The van der Waals surface area contributed by atoms with Gasteiger partial charge in [0, 0.05) is 44.8 Å². The number of piperazine rings is 1. The minimum absolute atomic E-state index is 0.00803. The Kier molecular flexibility index (Phi) is 7.35. The highest BCUT2D eigenvalue weighted by atomic mass is 32.2. The monoisotopic (exact) mass is 419 g/mol. The molecule has 8 heteroatoms. The molecule has 29 heavy (non-hydrogen) atoms. The molecule has 156 valence electrons. The predicted octanol–water partition coefficient (Wildman–Crippen LogP) is 1.75. The number of hydrogen-bond acceptors (Lipinski definition) is 4. The fourth-order valence-corrected chi connectivity index (χ4v) is 4.66. The number of benzene rings is 2. The quantitative estimate of drug-likeness (QED) is 0.708. The molecule has 1 N–H and O–H groups in total. The van der Waals surface area contributed by atoms with Crippen molar-refractivity contribution in [2.24, 2.45) is 0 Å². The fraction of sp³-hybridized carbons (Fsp3) is 0.381. The SMILES string of the molecule is O=C(NCCS(=O)(=O)N1CCN(CCc2ccccc2)CC1)c1cccc(F)c1. The van der Waals surface area contributed by atoms with E-state index in [-0.39, 0.29) is 17.9 Å². The topological polar surface area (TPSA) is 69.7 Å².